The van der Waals surface area contributed by atoms with Gasteiger partial charge in [0.15, 0.2) is 0 Å². The summed E-state index contributed by atoms with van der Waals surface area (Å²) in [6, 6.07) is 3.96. The smallest absolute Gasteiger partial charge is 0.305 e. The Kier molecular flexibility index (Phi) is 3.62. The van der Waals surface area contributed by atoms with E-state index in [1.807, 2.05) is 0 Å². The molecule has 1 amide bonds. The fourth-order valence-corrected chi connectivity index (χ4v) is 0.833. The molecule has 0 saturated carbocycles. The molecule has 90 valence electrons. The molecule has 0 bridgehead atoms. The van der Waals surface area contributed by atoms with Crippen LogP contribution in [0.5, 0.6) is 0 Å². The minimum Gasteiger partial charge on any atom is -0.305 e. The number of rotatable bonds is 3. The number of amides is 1. The molecule has 4 nitrogen and oxygen atoms in total. The molecule has 0 aliphatic heterocycles. The standard InChI is InChI=1S/C9H5F4N3O/c10-7(11)9(12,13)8(17)16-6-2-1-5(3-14)4-15-6/h1-2,4,7H,(H,15,16,17). The van der Waals surface area contributed by atoms with E-state index in [2.05, 4.69) is 4.98 Å². The van der Waals surface area contributed by atoms with Crippen LogP contribution in [0, 0.1) is 11.3 Å². The number of halogens is 4. The SMILES string of the molecule is N#Cc1ccc(NC(=O)C(F)(F)C(F)F)nc1. The monoisotopic (exact) mass is 247 g/mol. The second-order valence-electron chi connectivity index (χ2n) is 2.92. The number of alkyl halides is 4. The maximum Gasteiger partial charge on any atom is 0.383 e. The molecular weight excluding hydrogens is 242 g/mol. The molecule has 0 fully saturated rings. The zero-order valence-corrected chi connectivity index (χ0v) is 8.12. The lowest BCUT2D eigenvalue weighted by Gasteiger charge is -2.14. The molecule has 17 heavy (non-hydrogen) atoms. The van der Waals surface area contributed by atoms with E-state index in [9.17, 15) is 22.4 Å². The third-order valence-corrected chi connectivity index (χ3v) is 1.71. The van der Waals surface area contributed by atoms with Crippen molar-refractivity contribution >= 4 is 11.7 Å². The molecule has 8 heteroatoms. The van der Waals surface area contributed by atoms with Crippen molar-refractivity contribution in [2.75, 3.05) is 5.32 Å². The average Bonchev–Trinajstić information content (AvgIpc) is 2.29. The first-order valence-electron chi connectivity index (χ1n) is 4.21. The van der Waals surface area contributed by atoms with Crippen LogP contribution in [-0.4, -0.2) is 23.2 Å². The maximum atomic E-state index is 12.5. The molecule has 1 aromatic heterocycles. The lowest BCUT2D eigenvalue weighted by Crippen LogP contribution is -2.41. The predicted molar refractivity (Wildman–Crippen MR) is 48.5 cm³/mol. The molecule has 0 atom stereocenters. The first-order valence-corrected chi connectivity index (χ1v) is 4.21. The van der Waals surface area contributed by atoms with Crippen molar-refractivity contribution in [3.63, 3.8) is 0 Å². The Hall–Kier alpha value is -2.17. The van der Waals surface area contributed by atoms with Crippen LogP contribution in [0.3, 0.4) is 0 Å². The van der Waals surface area contributed by atoms with Crippen molar-refractivity contribution in [3.8, 4) is 6.07 Å². The Morgan fingerprint density at radius 2 is 2.12 bits per heavy atom. The van der Waals surface area contributed by atoms with Crippen LogP contribution >= 0.6 is 0 Å². The highest BCUT2D eigenvalue weighted by Crippen LogP contribution is 2.24. The van der Waals surface area contributed by atoms with Crippen LogP contribution in [-0.2, 0) is 4.79 Å². The number of nitriles is 1. The Morgan fingerprint density at radius 1 is 1.47 bits per heavy atom. The highest BCUT2D eigenvalue weighted by Gasteiger charge is 2.49. The number of carbonyl (C=O) groups is 1. The second kappa shape index (κ2) is 4.78. The summed E-state index contributed by atoms with van der Waals surface area (Å²) < 4.78 is 48.7. The van der Waals surface area contributed by atoms with Gasteiger partial charge < -0.3 is 5.32 Å². The lowest BCUT2D eigenvalue weighted by molar-refractivity contribution is -0.163. The van der Waals surface area contributed by atoms with Crippen molar-refractivity contribution in [1.82, 2.24) is 4.98 Å². The van der Waals surface area contributed by atoms with Gasteiger partial charge in [-0.25, -0.2) is 13.8 Å². The van der Waals surface area contributed by atoms with Crippen LogP contribution < -0.4 is 5.32 Å². The van der Waals surface area contributed by atoms with Gasteiger partial charge in [-0.05, 0) is 12.1 Å². The number of nitrogens with one attached hydrogen (secondary N) is 1. The number of pyridine rings is 1. The summed E-state index contributed by atoms with van der Waals surface area (Å²) in [5, 5.41) is 9.94. The molecule has 1 rings (SSSR count). The molecule has 1 heterocycles. The molecule has 0 radical (unpaired) electrons. The van der Waals surface area contributed by atoms with Gasteiger partial charge in [0, 0.05) is 6.20 Å². The third-order valence-electron chi connectivity index (χ3n) is 1.71. The Balaban J connectivity index is 2.78. The highest BCUT2D eigenvalue weighted by molar-refractivity contribution is 5.95. The van der Waals surface area contributed by atoms with Gasteiger partial charge in [0.05, 0.1) is 5.56 Å². The van der Waals surface area contributed by atoms with E-state index < -0.39 is 18.3 Å². The number of aromatic nitrogens is 1. The van der Waals surface area contributed by atoms with Crippen LogP contribution in [0.4, 0.5) is 23.4 Å². The van der Waals surface area contributed by atoms with E-state index >= 15 is 0 Å². The van der Waals surface area contributed by atoms with Crippen molar-refractivity contribution in [2.24, 2.45) is 0 Å². The summed E-state index contributed by atoms with van der Waals surface area (Å²) in [5.41, 5.74) is 0.142. The molecule has 0 saturated heterocycles. The third kappa shape index (κ3) is 2.90. The summed E-state index contributed by atoms with van der Waals surface area (Å²) in [4.78, 5) is 14.2. The molecule has 0 aliphatic rings. The summed E-state index contributed by atoms with van der Waals surface area (Å²) in [6.45, 7) is 0. The fraction of sp³-hybridized carbons (Fsp3) is 0.222. The first-order chi connectivity index (χ1) is 7.87. The zero-order valence-electron chi connectivity index (χ0n) is 8.12. The predicted octanol–water partition coefficient (Wildman–Crippen LogP) is 1.79. The van der Waals surface area contributed by atoms with Crippen LogP contribution in [0.15, 0.2) is 18.3 Å². The van der Waals surface area contributed by atoms with E-state index in [1.165, 1.54) is 11.4 Å². The number of carbonyl (C=O) groups excluding carboxylic acids is 1. The highest BCUT2D eigenvalue weighted by atomic mass is 19.3. The minimum absolute atomic E-state index is 0.142. The van der Waals surface area contributed by atoms with Crippen molar-refractivity contribution < 1.29 is 22.4 Å². The van der Waals surface area contributed by atoms with Gasteiger partial charge in [0.1, 0.15) is 11.9 Å². The van der Waals surface area contributed by atoms with Gasteiger partial charge in [0.2, 0.25) is 0 Å². The second-order valence-corrected chi connectivity index (χ2v) is 2.92. The molecule has 1 aromatic rings. The first kappa shape index (κ1) is 12.9. The van der Waals surface area contributed by atoms with Gasteiger partial charge in [-0.15, -0.1) is 0 Å². The number of hydrogen-bond acceptors (Lipinski definition) is 3. The fourth-order valence-electron chi connectivity index (χ4n) is 0.833. The normalized spacial score (nSPS) is 11.1. The number of nitrogens with zero attached hydrogens (tertiary/aromatic N) is 2. The van der Waals surface area contributed by atoms with Gasteiger partial charge >= 0.3 is 18.3 Å². The molecule has 0 aromatic carbocycles. The summed E-state index contributed by atoms with van der Waals surface area (Å²) in [5.74, 6) is -7.27. The lowest BCUT2D eigenvalue weighted by atomic mass is 10.3. The molecular formula is C9H5F4N3O. The van der Waals surface area contributed by atoms with Crippen molar-refractivity contribution in [3.05, 3.63) is 23.9 Å². The topological polar surface area (TPSA) is 65.8 Å². The van der Waals surface area contributed by atoms with Crippen LogP contribution in [0.25, 0.3) is 0 Å². The van der Waals surface area contributed by atoms with Gasteiger partial charge in [-0.3, -0.25) is 4.79 Å². The number of anilines is 1. The van der Waals surface area contributed by atoms with Crippen molar-refractivity contribution in [1.29, 1.82) is 5.26 Å². The molecule has 1 N–H and O–H groups in total. The van der Waals surface area contributed by atoms with E-state index in [-0.39, 0.29) is 11.4 Å². The molecule has 0 unspecified atom stereocenters. The van der Waals surface area contributed by atoms with Crippen molar-refractivity contribution in [2.45, 2.75) is 12.3 Å². The van der Waals surface area contributed by atoms with Gasteiger partial charge in [-0.2, -0.15) is 14.0 Å². The zero-order chi connectivity index (χ0) is 13.1. The Morgan fingerprint density at radius 3 is 2.53 bits per heavy atom. The molecule has 0 aliphatic carbocycles. The Bertz CT molecular complexity index is 452. The minimum atomic E-state index is -4.78. The van der Waals surface area contributed by atoms with E-state index in [4.69, 9.17) is 5.26 Å². The van der Waals surface area contributed by atoms with Gasteiger partial charge in [-0.1, -0.05) is 0 Å². The summed E-state index contributed by atoms with van der Waals surface area (Å²) in [6.07, 6.45) is -3.09. The van der Waals surface area contributed by atoms with Crippen LogP contribution in [0.2, 0.25) is 0 Å². The van der Waals surface area contributed by atoms with E-state index in [0.717, 1.165) is 12.3 Å². The van der Waals surface area contributed by atoms with E-state index in [0.29, 0.717) is 0 Å². The average molecular weight is 247 g/mol. The number of hydrogen-bond donors (Lipinski definition) is 1. The molecule has 0 spiro atoms. The maximum absolute atomic E-state index is 12.5. The van der Waals surface area contributed by atoms with E-state index in [1.54, 1.807) is 6.07 Å². The Labute approximate surface area is 92.9 Å². The quantitative estimate of drug-likeness (QED) is 0.828. The largest absolute Gasteiger partial charge is 0.383 e. The summed E-state index contributed by atoms with van der Waals surface area (Å²) >= 11 is 0. The van der Waals surface area contributed by atoms with Crippen LogP contribution in [0.1, 0.15) is 5.56 Å². The van der Waals surface area contributed by atoms with Gasteiger partial charge in [0.25, 0.3) is 0 Å². The summed E-state index contributed by atoms with van der Waals surface area (Å²) in [7, 11) is 0.